The first kappa shape index (κ1) is 21.4. The second-order valence-electron chi connectivity index (χ2n) is 7.43. The Balaban J connectivity index is 1.27. The molecule has 2 aromatic heterocycles. The Kier molecular flexibility index (Phi) is 5.97. The van der Waals surface area contributed by atoms with Crippen LogP contribution in [0.5, 0.6) is 5.88 Å². The van der Waals surface area contributed by atoms with Crippen molar-refractivity contribution in [3.8, 4) is 16.5 Å². The van der Waals surface area contributed by atoms with Gasteiger partial charge in [-0.25, -0.2) is 9.97 Å². The molecule has 2 N–H and O–H groups in total. The average Bonchev–Trinajstić information content (AvgIpc) is 3.27. The lowest BCUT2D eigenvalue weighted by Crippen LogP contribution is -2.22. The van der Waals surface area contributed by atoms with Crippen LogP contribution in [0.3, 0.4) is 0 Å². The van der Waals surface area contributed by atoms with E-state index in [9.17, 15) is 9.59 Å². The highest BCUT2D eigenvalue weighted by Gasteiger charge is 2.24. The van der Waals surface area contributed by atoms with E-state index in [0.29, 0.717) is 29.2 Å². The zero-order valence-corrected chi connectivity index (χ0v) is 19.4. The van der Waals surface area contributed by atoms with Gasteiger partial charge in [-0.1, -0.05) is 23.9 Å². The van der Waals surface area contributed by atoms with Gasteiger partial charge in [0, 0.05) is 49.8 Å². The number of ether oxygens (including phenoxy) is 1. The van der Waals surface area contributed by atoms with Crippen molar-refractivity contribution in [2.75, 3.05) is 12.4 Å². The van der Waals surface area contributed by atoms with Crippen molar-refractivity contribution in [3.05, 3.63) is 75.8 Å². The molecule has 3 heterocycles. The molecule has 3 aromatic rings. The third kappa shape index (κ3) is 4.55. The summed E-state index contributed by atoms with van der Waals surface area (Å²) in [7, 11) is 1.57. The Morgan fingerprint density at radius 3 is 2.85 bits per heavy atom. The fourth-order valence-electron chi connectivity index (χ4n) is 3.54. The first-order valence-electron chi connectivity index (χ1n) is 10.4. The van der Waals surface area contributed by atoms with E-state index < -0.39 is 0 Å². The number of amides is 2. The standard InChI is InChI=1S/C24H20N4O3S2/c1-31-21-9-7-15(11-25-21)24-27-13-16(32-24)12-26-22(29)14-6-8-20-18(10-14)28-23(30)17-4-2-3-5-19(17)33-20/h4-11,13H,2-3,12H2,1H3,(H,26,29)(H,28,30). The highest BCUT2D eigenvalue weighted by molar-refractivity contribution is 8.03. The number of carbonyl (C=O) groups excluding carboxylic acids is 2. The number of anilines is 1. The van der Waals surface area contributed by atoms with Gasteiger partial charge in [0.2, 0.25) is 5.88 Å². The molecule has 0 saturated carbocycles. The van der Waals surface area contributed by atoms with Gasteiger partial charge in [-0.3, -0.25) is 9.59 Å². The molecule has 0 saturated heterocycles. The van der Waals surface area contributed by atoms with E-state index in [1.54, 1.807) is 49.5 Å². The molecule has 2 aliphatic rings. The monoisotopic (exact) mass is 476 g/mol. The number of rotatable bonds is 5. The van der Waals surface area contributed by atoms with Crippen molar-refractivity contribution in [2.24, 2.45) is 0 Å². The van der Waals surface area contributed by atoms with E-state index in [1.807, 2.05) is 18.2 Å². The van der Waals surface area contributed by atoms with Crippen LogP contribution in [0.25, 0.3) is 10.6 Å². The molecule has 0 unspecified atom stereocenters. The maximum Gasteiger partial charge on any atom is 0.256 e. The predicted octanol–water partition coefficient (Wildman–Crippen LogP) is 4.79. The minimum atomic E-state index is -0.210. The van der Waals surface area contributed by atoms with Gasteiger partial charge in [0.15, 0.2) is 0 Å². The molecule has 0 bridgehead atoms. The van der Waals surface area contributed by atoms with Gasteiger partial charge >= 0.3 is 0 Å². The topological polar surface area (TPSA) is 93.2 Å². The maximum atomic E-state index is 12.8. The highest BCUT2D eigenvalue weighted by Crippen LogP contribution is 2.42. The number of carbonyl (C=O) groups is 2. The lowest BCUT2D eigenvalue weighted by molar-refractivity contribution is -0.112. The minimum absolute atomic E-state index is 0.130. The summed E-state index contributed by atoms with van der Waals surface area (Å²) in [6, 6.07) is 9.09. The van der Waals surface area contributed by atoms with Crippen LogP contribution in [0.4, 0.5) is 5.69 Å². The number of nitrogens with zero attached hydrogens (tertiary/aromatic N) is 2. The van der Waals surface area contributed by atoms with Crippen molar-refractivity contribution >= 4 is 40.6 Å². The largest absolute Gasteiger partial charge is 0.481 e. The van der Waals surface area contributed by atoms with E-state index in [2.05, 4.69) is 26.7 Å². The predicted molar refractivity (Wildman–Crippen MR) is 129 cm³/mol. The molecule has 0 atom stereocenters. The molecule has 0 spiro atoms. The van der Waals surface area contributed by atoms with Gasteiger partial charge in [0.05, 0.1) is 19.3 Å². The Morgan fingerprint density at radius 2 is 2.03 bits per heavy atom. The number of fused-ring (bicyclic) bond motifs is 2. The normalized spacial score (nSPS) is 14.8. The van der Waals surface area contributed by atoms with Crippen LogP contribution in [-0.2, 0) is 11.3 Å². The third-order valence-corrected chi connectivity index (χ3v) is 7.46. The number of allylic oxidation sites excluding steroid dienone is 2. The van der Waals surface area contributed by atoms with Crippen LogP contribution >= 0.6 is 23.1 Å². The quantitative estimate of drug-likeness (QED) is 0.550. The summed E-state index contributed by atoms with van der Waals surface area (Å²) in [6.07, 6.45) is 9.34. The molecular formula is C24H20N4O3S2. The molecule has 166 valence electrons. The summed E-state index contributed by atoms with van der Waals surface area (Å²) in [4.78, 5) is 36.8. The van der Waals surface area contributed by atoms with Crippen LogP contribution in [0.15, 0.2) is 70.3 Å². The highest BCUT2D eigenvalue weighted by atomic mass is 32.2. The van der Waals surface area contributed by atoms with Crippen molar-refractivity contribution in [3.63, 3.8) is 0 Å². The number of nitrogens with one attached hydrogen (secondary N) is 2. The summed E-state index contributed by atoms with van der Waals surface area (Å²) in [6.45, 7) is 0.359. The molecule has 33 heavy (non-hydrogen) atoms. The van der Waals surface area contributed by atoms with Crippen LogP contribution in [0, 0.1) is 0 Å². The number of hydrogen-bond donors (Lipinski definition) is 2. The Bertz CT molecular complexity index is 1300. The maximum absolute atomic E-state index is 12.8. The van der Waals surface area contributed by atoms with Crippen molar-refractivity contribution in [1.29, 1.82) is 0 Å². The van der Waals surface area contributed by atoms with Gasteiger partial charge in [0.25, 0.3) is 11.8 Å². The number of thiazole rings is 1. The van der Waals surface area contributed by atoms with Crippen molar-refractivity contribution < 1.29 is 14.3 Å². The summed E-state index contributed by atoms with van der Waals surface area (Å²) in [5.41, 5.74) is 2.75. The van der Waals surface area contributed by atoms with E-state index in [-0.39, 0.29) is 11.8 Å². The number of hydrogen-bond acceptors (Lipinski definition) is 7. The average molecular weight is 477 g/mol. The van der Waals surface area contributed by atoms with Gasteiger partial charge in [-0.05, 0) is 37.1 Å². The summed E-state index contributed by atoms with van der Waals surface area (Å²) in [5.74, 6) is 0.207. The third-order valence-electron chi connectivity index (χ3n) is 5.23. The second kappa shape index (κ2) is 9.21. The van der Waals surface area contributed by atoms with Crippen LogP contribution < -0.4 is 15.4 Å². The van der Waals surface area contributed by atoms with Gasteiger partial charge in [0.1, 0.15) is 5.01 Å². The van der Waals surface area contributed by atoms with Crippen molar-refractivity contribution in [1.82, 2.24) is 15.3 Å². The zero-order valence-electron chi connectivity index (χ0n) is 17.8. The molecule has 1 aliphatic carbocycles. The first-order valence-corrected chi connectivity index (χ1v) is 12.0. The Labute approximate surface area is 199 Å². The molecular weight excluding hydrogens is 456 g/mol. The second-order valence-corrected chi connectivity index (χ2v) is 9.63. The smallest absolute Gasteiger partial charge is 0.256 e. The number of aromatic nitrogens is 2. The summed E-state index contributed by atoms with van der Waals surface area (Å²) >= 11 is 3.05. The number of benzene rings is 1. The fourth-order valence-corrected chi connectivity index (χ4v) is 5.46. The van der Waals surface area contributed by atoms with E-state index in [0.717, 1.165) is 38.1 Å². The van der Waals surface area contributed by atoms with Gasteiger partial charge < -0.3 is 15.4 Å². The zero-order chi connectivity index (χ0) is 22.8. The van der Waals surface area contributed by atoms with E-state index in [1.165, 1.54) is 11.3 Å². The molecule has 7 nitrogen and oxygen atoms in total. The summed E-state index contributed by atoms with van der Waals surface area (Å²) < 4.78 is 5.08. The SMILES string of the molecule is COc1ccc(-c2ncc(CNC(=O)c3ccc4c(c3)NC(=O)C3=CCCC=C3S4)s2)cn1. The number of pyridine rings is 1. The molecule has 9 heteroatoms. The van der Waals surface area contributed by atoms with E-state index >= 15 is 0 Å². The summed E-state index contributed by atoms with van der Waals surface area (Å²) in [5, 5.41) is 6.71. The molecule has 0 radical (unpaired) electrons. The number of methoxy groups -OCH3 is 1. The Morgan fingerprint density at radius 1 is 1.15 bits per heavy atom. The fraction of sp³-hybridized carbons (Fsp3) is 0.167. The van der Waals surface area contributed by atoms with E-state index in [4.69, 9.17) is 4.74 Å². The lowest BCUT2D eigenvalue weighted by atomic mass is 10.1. The van der Waals surface area contributed by atoms with Crippen LogP contribution in [0.2, 0.25) is 0 Å². The van der Waals surface area contributed by atoms with Gasteiger partial charge in [-0.15, -0.1) is 11.3 Å². The molecule has 5 rings (SSSR count). The first-order chi connectivity index (χ1) is 16.1. The molecule has 1 aromatic carbocycles. The lowest BCUT2D eigenvalue weighted by Gasteiger charge is -2.10. The van der Waals surface area contributed by atoms with Gasteiger partial charge in [-0.2, -0.15) is 0 Å². The van der Waals surface area contributed by atoms with Crippen LogP contribution in [0.1, 0.15) is 28.1 Å². The Hall–Kier alpha value is -3.43. The molecule has 1 aliphatic heterocycles. The molecule has 0 fully saturated rings. The number of thioether (sulfide) groups is 1. The molecule has 2 amide bonds. The minimum Gasteiger partial charge on any atom is -0.481 e. The van der Waals surface area contributed by atoms with Crippen molar-refractivity contribution in [2.45, 2.75) is 24.3 Å². The van der Waals surface area contributed by atoms with Crippen LogP contribution in [-0.4, -0.2) is 28.9 Å².